The van der Waals surface area contributed by atoms with Crippen LogP contribution < -0.4 is 27.7 Å². The Labute approximate surface area is 157 Å². The minimum Gasteiger partial charge on any atom is -0.399 e. The van der Waals surface area contributed by atoms with Gasteiger partial charge in [0, 0.05) is 28.2 Å². The first-order valence-corrected chi connectivity index (χ1v) is 8.53. The lowest BCUT2D eigenvalue weighted by molar-refractivity contribution is 0.787. The molecule has 0 saturated carbocycles. The molecule has 134 valence electrons. The molecule has 0 bridgehead atoms. The van der Waals surface area contributed by atoms with Crippen LogP contribution in [0.4, 0.5) is 22.7 Å². The van der Waals surface area contributed by atoms with Crippen molar-refractivity contribution in [2.45, 2.75) is 0 Å². The average molecular weight is 356 g/mol. The molecule has 7 N–H and O–H groups in total. The second-order valence-electron chi connectivity index (χ2n) is 6.31. The van der Waals surface area contributed by atoms with E-state index in [-0.39, 0.29) is 0 Å². The summed E-state index contributed by atoms with van der Waals surface area (Å²) in [6.45, 7) is 0. The van der Waals surface area contributed by atoms with Crippen LogP contribution in [0.25, 0.3) is 5.70 Å². The molecule has 0 saturated heterocycles. The van der Waals surface area contributed by atoms with Crippen LogP contribution in [0.2, 0.25) is 0 Å². The van der Waals surface area contributed by atoms with E-state index >= 15 is 0 Å². The number of hydrogen-bond donors (Lipinski definition) is 4. The Bertz CT molecular complexity index is 1050. The molecule has 0 spiro atoms. The second kappa shape index (κ2) is 6.76. The minimum atomic E-state index is 0.662. The van der Waals surface area contributed by atoms with Crippen LogP contribution in [-0.4, -0.2) is 5.71 Å². The lowest BCUT2D eigenvalue weighted by Gasteiger charge is -2.28. The van der Waals surface area contributed by atoms with E-state index in [0.717, 1.165) is 28.2 Å². The second-order valence-corrected chi connectivity index (χ2v) is 6.31. The molecular weight excluding hydrogens is 336 g/mol. The minimum absolute atomic E-state index is 0.662. The van der Waals surface area contributed by atoms with E-state index in [1.54, 1.807) is 5.12 Å². The molecule has 0 unspecified atom stereocenters. The molecule has 0 fully saturated rings. The highest BCUT2D eigenvalue weighted by Crippen LogP contribution is 2.25. The van der Waals surface area contributed by atoms with Crippen LogP contribution in [0.1, 0.15) is 11.1 Å². The number of rotatable bonds is 3. The van der Waals surface area contributed by atoms with Crippen molar-refractivity contribution in [2.75, 3.05) is 22.3 Å². The van der Waals surface area contributed by atoms with E-state index in [0.29, 0.717) is 17.1 Å². The molecule has 0 atom stereocenters. The van der Waals surface area contributed by atoms with Gasteiger partial charge >= 0.3 is 0 Å². The Morgan fingerprint density at radius 3 is 1.96 bits per heavy atom. The first-order chi connectivity index (χ1) is 13.1. The van der Waals surface area contributed by atoms with Crippen molar-refractivity contribution in [3.8, 4) is 0 Å². The largest absolute Gasteiger partial charge is 0.399 e. The topological polar surface area (TPSA) is 106 Å². The highest BCUT2D eigenvalue weighted by Gasteiger charge is 2.17. The van der Waals surface area contributed by atoms with E-state index in [1.807, 2.05) is 78.9 Å². The summed E-state index contributed by atoms with van der Waals surface area (Å²) in [5.41, 5.74) is 27.6. The molecule has 1 aliphatic rings. The van der Waals surface area contributed by atoms with Crippen LogP contribution in [0.5, 0.6) is 0 Å². The fraction of sp³-hybridized carbons (Fsp3) is 0. The predicted molar refractivity (Wildman–Crippen MR) is 113 cm³/mol. The number of hydrazine groups is 1. The van der Waals surface area contributed by atoms with E-state index in [4.69, 9.17) is 22.3 Å². The van der Waals surface area contributed by atoms with Crippen molar-refractivity contribution in [3.63, 3.8) is 0 Å². The molecule has 6 heteroatoms. The molecule has 3 aromatic rings. The molecule has 0 radical (unpaired) electrons. The number of nitrogens with two attached hydrogens (primary N) is 3. The molecule has 3 aromatic carbocycles. The third kappa shape index (κ3) is 3.55. The Kier molecular flexibility index (Phi) is 4.14. The standard InChI is InChI=1S/C21H20N6/c22-16-6-1-4-14(10-16)20-13-21(15-5-2-7-17(23)11-15)26-27(25-20)19-9-3-8-18(24)12-19/h1-13,25H,22-24H2. The molecule has 0 aromatic heterocycles. The third-order valence-corrected chi connectivity index (χ3v) is 4.21. The first kappa shape index (κ1) is 16.5. The summed E-state index contributed by atoms with van der Waals surface area (Å²) in [4.78, 5) is 0. The maximum atomic E-state index is 5.96. The Morgan fingerprint density at radius 1 is 0.704 bits per heavy atom. The Morgan fingerprint density at radius 2 is 1.30 bits per heavy atom. The van der Waals surface area contributed by atoms with Crippen LogP contribution in [0.3, 0.4) is 0 Å². The van der Waals surface area contributed by atoms with Crippen LogP contribution in [0.15, 0.2) is 84.0 Å². The summed E-state index contributed by atoms with van der Waals surface area (Å²) in [5.74, 6) is 0. The Hall–Kier alpha value is -3.93. The lowest BCUT2D eigenvalue weighted by atomic mass is 10.0. The van der Waals surface area contributed by atoms with Crippen molar-refractivity contribution in [2.24, 2.45) is 5.10 Å². The van der Waals surface area contributed by atoms with Crippen LogP contribution in [0, 0.1) is 0 Å². The monoisotopic (exact) mass is 356 g/mol. The van der Waals surface area contributed by atoms with Gasteiger partial charge in [0.1, 0.15) is 0 Å². The number of hydrogen-bond acceptors (Lipinski definition) is 6. The fourth-order valence-corrected chi connectivity index (χ4v) is 2.92. The molecule has 1 aliphatic heterocycles. The summed E-state index contributed by atoms with van der Waals surface area (Å²) in [7, 11) is 0. The average Bonchev–Trinajstić information content (AvgIpc) is 2.68. The zero-order valence-corrected chi connectivity index (χ0v) is 14.6. The Balaban J connectivity index is 1.81. The van der Waals surface area contributed by atoms with Gasteiger partial charge in [-0.1, -0.05) is 30.3 Å². The quantitative estimate of drug-likeness (QED) is 0.539. The van der Waals surface area contributed by atoms with Crippen LogP contribution >= 0.6 is 0 Å². The van der Waals surface area contributed by atoms with Crippen molar-refractivity contribution in [1.29, 1.82) is 0 Å². The van der Waals surface area contributed by atoms with Crippen molar-refractivity contribution < 1.29 is 0 Å². The number of hydrazone groups is 1. The number of benzene rings is 3. The van der Waals surface area contributed by atoms with Gasteiger partial charge < -0.3 is 17.2 Å². The van der Waals surface area contributed by atoms with Gasteiger partial charge in [0.25, 0.3) is 0 Å². The van der Waals surface area contributed by atoms with Crippen LogP contribution in [-0.2, 0) is 0 Å². The molecule has 1 heterocycles. The molecule has 0 amide bonds. The molecule has 4 rings (SSSR count). The number of anilines is 4. The van der Waals surface area contributed by atoms with Gasteiger partial charge in [-0.3, -0.25) is 5.43 Å². The highest BCUT2D eigenvalue weighted by molar-refractivity contribution is 6.13. The smallest absolute Gasteiger partial charge is 0.0950 e. The number of nitrogens with one attached hydrogen (secondary N) is 1. The highest BCUT2D eigenvalue weighted by atomic mass is 15.7. The van der Waals surface area contributed by atoms with Gasteiger partial charge in [-0.15, -0.1) is 0 Å². The third-order valence-electron chi connectivity index (χ3n) is 4.21. The van der Waals surface area contributed by atoms with Gasteiger partial charge in [0.15, 0.2) is 0 Å². The number of allylic oxidation sites excluding steroid dienone is 1. The van der Waals surface area contributed by atoms with E-state index in [2.05, 4.69) is 5.43 Å². The predicted octanol–water partition coefficient (Wildman–Crippen LogP) is 3.20. The maximum Gasteiger partial charge on any atom is 0.0950 e. The zero-order valence-electron chi connectivity index (χ0n) is 14.6. The number of nitrogens with zero attached hydrogens (tertiary/aromatic N) is 2. The summed E-state index contributed by atoms with van der Waals surface area (Å²) in [6.07, 6.45) is 1.98. The van der Waals surface area contributed by atoms with E-state index in [9.17, 15) is 0 Å². The normalized spacial score (nSPS) is 13.6. The lowest BCUT2D eigenvalue weighted by Crippen LogP contribution is -2.36. The van der Waals surface area contributed by atoms with Gasteiger partial charge in [0.2, 0.25) is 0 Å². The summed E-state index contributed by atoms with van der Waals surface area (Å²) >= 11 is 0. The van der Waals surface area contributed by atoms with Crippen molar-refractivity contribution in [3.05, 3.63) is 90.0 Å². The zero-order chi connectivity index (χ0) is 18.8. The van der Waals surface area contributed by atoms with Gasteiger partial charge in [0.05, 0.1) is 17.1 Å². The maximum absolute atomic E-state index is 5.96. The SMILES string of the molecule is Nc1cccc(C2=CC(c3cccc(N)c3)=NN(c3cccc(N)c3)N2)c1. The fourth-order valence-electron chi connectivity index (χ4n) is 2.92. The number of nitrogen functional groups attached to an aromatic ring is 3. The summed E-state index contributed by atoms with van der Waals surface area (Å²) in [5, 5.41) is 6.42. The molecule has 27 heavy (non-hydrogen) atoms. The molecule has 0 aliphatic carbocycles. The van der Waals surface area contributed by atoms with Crippen molar-refractivity contribution in [1.82, 2.24) is 5.43 Å². The van der Waals surface area contributed by atoms with Crippen molar-refractivity contribution >= 4 is 34.2 Å². The summed E-state index contributed by atoms with van der Waals surface area (Å²) < 4.78 is 0. The molecule has 6 nitrogen and oxygen atoms in total. The first-order valence-electron chi connectivity index (χ1n) is 8.53. The van der Waals surface area contributed by atoms with E-state index < -0.39 is 0 Å². The molecular formula is C21H20N6. The van der Waals surface area contributed by atoms with Gasteiger partial charge in [-0.05, 0) is 48.5 Å². The van der Waals surface area contributed by atoms with E-state index in [1.165, 1.54) is 0 Å². The van der Waals surface area contributed by atoms with Gasteiger partial charge in [-0.25, -0.2) is 0 Å². The summed E-state index contributed by atoms with van der Waals surface area (Å²) in [6, 6.07) is 22.8. The van der Waals surface area contributed by atoms with Gasteiger partial charge in [-0.2, -0.15) is 10.2 Å².